The molecule has 4 nitrogen and oxygen atoms in total. The van der Waals surface area contributed by atoms with E-state index in [1.165, 1.54) is 0 Å². The van der Waals surface area contributed by atoms with Crippen LogP contribution in [0.3, 0.4) is 0 Å². The number of likely N-dealkylation sites (tertiary alicyclic amines) is 1. The van der Waals surface area contributed by atoms with E-state index in [1.54, 1.807) is 4.90 Å². The fourth-order valence-electron chi connectivity index (χ4n) is 2.95. The van der Waals surface area contributed by atoms with Crippen LogP contribution in [-0.2, 0) is 9.47 Å². The standard InChI is InChI=1S/C14H24F3NO3/c15-14(16,17)11-3-1-5-18(7-11)8-12(19)9-20-10-13-4-2-6-21-13/h11-13,19H,1-10H2/t11-,12-,13-/m1/s1. The van der Waals surface area contributed by atoms with Gasteiger partial charge in [-0.15, -0.1) is 0 Å². The highest BCUT2D eigenvalue weighted by Crippen LogP contribution is 2.33. The van der Waals surface area contributed by atoms with E-state index in [9.17, 15) is 18.3 Å². The fourth-order valence-corrected chi connectivity index (χ4v) is 2.95. The van der Waals surface area contributed by atoms with Crippen LogP contribution in [0.15, 0.2) is 0 Å². The average Bonchev–Trinajstić information content (AvgIpc) is 2.91. The largest absolute Gasteiger partial charge is 0.393 e. The zero-order valence-corrected chi connectivity index (χ0v) is 12.1. The molecule has 2 rings (SSSR count). The third-order valence-electron chi connectivity index (χ3n) is 4.08. The van der Waals surface area contributed by atoms with E-state index in [0.717, 1.165) is 19.4 Å². The van der Waals surface area contributed by atoms with Crippen molar-refractivity contribution in [3.63, 3.8) is 0 Å². The van der Waals surface area contributed by atoms with Crippen LogP contribution in [0.4, 0.5) is 13.2 Å². The minimum Gasteiger partial charge on any atom is -0.389 e. The zero-order valence-electron chi connectivity index (χ0n) is 12.1. The van der Waals surface area contributed by atoms with Crippen LogP contribution in [0.1, 0.15) is 25.7 Å². The SMILES string of the molecule is O[C@@H](COC[C@H]1CCCO1)CN1CCC[C@@H](C(F)(F)F)C1. The summed E-state index contributed by atoms with van der Waals surface area (Å²) in [5.74, 6) is -1.27. The lowest BCUT2D eigenvalue weighted by Crippen LogP contribution is -2.45. The Kier molecular flexibility index (Phi) is 6.28. The molecular formula is C14H24F3NO3. The van der Waals surface area contributed by atoms with Crippen molar-refractivity contribution in [2.24, 2.45) is 5.92 Å². The number of rotatable bonds is 6. The molecule has 0 unspecified atom stereocenters. The Morgan fingerprint density at radius 1 is 1.29 bits per heavy atom. The molecular weight excluding hydrogens is 287 g/mol. The Bertz CT molecular complexity index is 308. The third-order valence-corrected chi connectivity index (χ3v) is 4.08. The molecule has 2 fully saturated rings. The predicted octanol–water partition coefficient (Wildman–Crippen LogP) is 1.82. The number of halogens is 3. The Labute approximate surface area is 123 Å². The first-order chi connectivity index (χ1) is 9.95. The van der Waals surface area contributed by atoms with Crippen molar-refractivity contribution in [2.45, 2.75) is 44.1 Å². The summed E-state index contributed by atoms with van der Waals surface area (Å²) in [7, 11) is 0. The Morgan fingerprint density at radius 3 is 2.76 bits per heavy atom. The van der Waals surface area contributed by atoms with Gasteiger partial charge in [-0.1, -0.05) is 0 Å². The van der Waals surface area contributed by atoms with Crippen LogP contribution >= 0.6 is 0 Å². The molecule has 0 radical (unpaired) electrons. The van der Waals surface area contributed by atoms with Crippen molar-refractivity contribution < 1.29 is 27.8 Å². The smallest absolute Gasteiger partial charge is 0.389 e. The molecule has 3 atom stereocenters. The highest BCUT2D eigenvalue weighted by Gasteiger charge is 2.41. The maximum atomic E-state index is 12.7. The average molecular weight is 311 g/mol. The van der Waals surface area contributed by atoms with Gasteiger partial charge in [0.25, 0.3) is 0 Å². The molecule has 0 aromatic carbocycles. The molecule has 124 valence electrons. The van der Waals surface area contributed by atoms with Gasteiger partial charge in [0.15, 0.2) is 0 Å². The molecule has 21 heavy (non-hydrogen) atoms. The highest BCUT2D eigenvalue weighted by molar-refractivity contribution is 4.79. The minimum atomic E-state index is -4.14. The Morgan fingerprint density at radius 2 is 2.10 bits per heavy atom. The van der Waals surface area contributed by atoms with Gasteiger partial charge in [-0.25, -0.2) is 0 Å². The van der Waals surface area contributed by atoms with Crippen LogP contribution in [0.5, 0.6) is 0 Å². The van der Waals surface area contributed by atoms with Gasteiger partial charge in [-0.05, 0) is 32.2 Å². The third kappa shape index (κ3) is 5.73. The quantitative estimate of drug-likeness (QED) is 0.812. The van der Waals surface area contributed by atoms with Crippen LogP contribution in [0, 0.1) is 5.92 Å². The summed E-state index contributed by atoms with van der Waals surface area (Å²) in [5.41, 5.74) is 0. The highest BCUT2D eigenvalue weighted by atomic mass is 19.4. The second-order valence-electron chi connectivity index (χ2n) is 5.97. The van der Waals surface area contributed by atoms with Crippen molar-refractivity contribution in [3.05, 3.63) is 0 Å². The second-order valence-corrected chi connectivity index (χ2v) is 5.97. The maximum absolute atomic E-state index is 12.7. The molecule has 0 spiro atoms. The van der Waals surface area contributed by atoms with Crippen LogP contribution in [-0.4, -0.2) is 67.8 Å². The molecule has 0 aromatic heterocycles. The van der Waals surface area contributed by atoms with Crippen LogP contribution < -0.4 is 0 Å². The van der Waals surface area contributed by atoms with E-state index < -0.39 is 18.2 Å². The summed E-state index contributed by atoms with van der Waals surface area (Å²) < 4.78 is 48.9. The molecule has 2 heterocycles. The molecule has 2 saturated heterocycles. The number of alkyl halides is 3. The first-order valence-electron chi connectivity index (χ1n) is 7.61. The van der Waals surface area contributed by atoms with Crippen molar-refractivity contribution in [1.82, 2.24) is 4.90 Å². The van der Waals surface area contributed by atoms with Crippen molar-refractivity contribution in [1.29, 1.82) is 0 Å². The van der Waals surface area contributed by atoms with Gasteiger partial charge >= 0.3 is 6.18 Å². The molecule has 0 aromatic rings. The summed E-state index contributed by atoms with van der Waals surface area (Å²) in [6, 6.07) is 0. The molecule has 0 amide bonds. The molecule has 0 saturated carbocycles. The van der Waals surface area contributed by atoms with E-state index in [2.05, 4.69) is 0 Å². The van der Waals surface area contributed by atoms with Gasteiger partial charge in [0.1, 0.15) is 0 Å². The number of β-amino-alcohol motifs (C(OH)–C–C–N with tert-alkyl or cyclic N) is 1. The van der Waals surface area contributed by atoms with Gasteiger partial charge in [-0.2, -0.15) is 13.2 Å². The van der Waals surface area contributed by atoms with E-state index in [4.69, 9.17) is 9.47 Å². The lowest BCUT2D eigenvalue weighted by molar-refractivity contribution is -0.187. The number of hydrogen-bond acceptors (Lipinski definition) is 4. The molecule has 7 heteroatoms. The monoisotopic (exact) mass is 311 g/mol. The summed E-state index contributed by atoms with van der Waals surface area (Å²) >= 11 is 0. The van der Waals surface area contributed by atoms with Gasteiger partial charge < -0.3 is 19.5 Å². The molecule has 1 N–H and O–H groups in total. The van der Waals surface area contributed by atoms with Crippen LogP contribution in [0.25, 0.3) is 0 Å². The van der Waals surface area contributed by atoms with E-state index in [0.29, 0.717) is 19.6 Å². The predicted molar refractivity (Wildman–Crippen MR) is 71.0 cm³/mol. The fraction of sp³-hybridized carbons (Fsp3) is 1.00. The van der Waals surface area contributed by atoms with E-state index in [1.807, 2.05) is 0 Å². The van der Waals surface area contributed by atoms with Crippen LogP contribution in [0.2, 0.25) is 0 Å². The lowest BCUT2D eigenvalue weighted by Gasteiger charge is -2.34. The topological polar surface area (TPSA) is 41.9 Å². The lowest BCUT2D eigenvalue weighted by atomic mass is 9.97. The van der Waals surface area contributed by atoms with Crippen molar-refractivity contribution in [2.75, 3.05) is 39.5 Å². The molecule has 2 aliphatic heterocycles. The first kappa shape index (κ1) is 17.0. The first-order valence-corrected chi connectivity index (χ1v) is 7.61. The van der Waals surface area contributed by atoms with Crippen molar-refractivity contribution >= 4 is 0 Å². The number of aliphatic hydroxyl groups excluding tert-OH is 1. The molecule has 0 aliphatic carbocycles. The maximum Gasteiger partial charge on any atom is 0.393 e. The van der Waals surface area contributed by atoms with E-state index in [-0.39, 0.29) is 32.2 Å². The number of nitrogens with zero attached hydrogens (tertiary/aromatic N) is 1. The number of piperidine rings is 1. The van der Waals surface area contributed by atoms with Gasteiger partial charge in [0.2, 0.25) is 0 Å². The Hall–Kier alpha value is -0.370. The minimum absolute atomic E-state index is 0.0215. The summed E-state index contributed by atoms with van der Waals surface area (Å²) in [6.07, 6.45) is -2.09. The van der Waals surface area contributed by atoms with Gasteiger partial charge in [0.05, 0.1) is 31.3 Å². The summed E-state index contributed by atoms with van der Waals surface area (Å²) in [6.45, 7) is 2.16. The summed E-state index contributed by atoms with van der Waals surface area (Å²) in [5, 5.41) is 9.88. The van der Waals surface area contributed by atoms with E-state index >= 15 is 0 Å². The normalized spacial score (nSPS) is 29.7. The molecule has 0 bridgehead atoms. The number of ether oxygens (including phenoxy) is 2. The van der Waals surface area contributed by atoms with Gasteiger partial charge in [-0.3, -0.25) is 0 Å². The molecule has 2 aliphatic rings. The Balaban J connectivity index is 1.63. The number of aliphatic hydroxyl groups is 1. The van der Waals surface area contributed by atoms with Crippen molar-refractivity contribution in [3.8, 4) is 0 Å². The summed E-state index contributed by atoms with van der Waals surface area (Å²) in [4.78, 5) is 1.68. The second kappa shape index (κ2) is 7.76. The zero-order chi connectivity index (χ0) is 15.3. The van der Waals surface area contributed by atoms with Gasteiger partial charge in [0, 0.05) is 19.7 Å². The number of hydrogen-bond donors (Lipinski definition) is 1.